The highest BCUT2D eigenvalue weighted by Gasteiger charge is 2.26. The van der Waals surface area contributed by atoms with Crippen LogP contribution in [0.2, 0.25) is 0 Å². The van der Waals surface area contributed by atoms with Crippen LogP contribution in [-0.4, -0.2) is 60.8 Å². The van der Waals surface area contributed by atoms with Gasteiger partial charge in [-0.2, -0.15) is 0 Å². The second-order valence-electron chi connectivity index (χ2n) is 6.92. The number of likely N-dealkylation sites (tertiary alicyclic amines) is 2. The topological polar surface area (TPSA) is 35.9 Å². The van der Waals surface area contributed by atoms with Crippen LogP contribution in [0.4, 0.5) is 0 Å². The third kappa shape index (κ3) is 4.46. The van der Waals surface area contributed by atoms with E-state index < -0.39 is 6.10 Å². The SMILES string of the molecule is COc1cccc(C(O)CN2CCC(N3CCCCC3)CC2)c1. The number of aliphatic hydroxyl groups excluding tert-OH is 1. The Morgan fingerprint density at radius 2 is 1.87 bits per heavy atom. The predicted octanol–water partition coefficient (Wildman–Crippen LogP) is 2.68. The molecule has 2 aliphatic heterocycles. The van der Waals surface area contributed by atoms with E-state index in [2.05, 4.69) is 9.80 Å². The molecule has 0 aromatic heterocycles. The highest BCUT2D eigenvalue weighted by atomic mass is 16.5. The summed E-state index contributed by atoms with van der Waals surface area (Å²) in [6.07, 6.45) is 6.19. The summed E-state index contributed by atoms with van der Waals surface area (Å²) in [6, 6.07) is 8.54. The summed E-state index contributed by atoms with van der Waals surface area (Å²) >= 11 is 0. The fraction of sp³-hybridized carbons (Fsp3) is 0.684. The Hall–Kier alpha value is -1.10. The molecule has 0 radical (unpaired) electrons. The number of nitrogens with zero attached hydrogens (tertiary/aromatic N) is 2. The van der Waals surface area contributed by atoms with Gasteiger partial charge in [-0.15, -0.1) is 0 Å². The molecular weight excluding hydrogens is 288 g/mol. The molecule has 0 bridgehead atoms. The molecule has 1 atom stereocenters. The molecule has 1 aromatic rings. The first kappa shape index (κ1) is 16.7. The molecule has 128 valence electrons. The fourth-order valence-electron chi connectivity index (χ4n) is 3.95. The van der Waals surface area contributed by atoms with E-state index in [1.807, 2.05) is 24.3 Å². The van der Waals surface area contributed by atoms with Gasteiger partial charge in [0.2, 0.25) is 0 Å². The number of rotatable bonds is 5. The lowest BCUT2D eigenvalue weighted by Gasteiger charge is -2.40. The van der Waals surface area contributed by atoms with Crippen molar-refractivity contribution in [1.82, 2.24) is 9.80 Å². The largest absolute Gasteiger partial charge is 0.497 e. The first-order valence-corrected chi connectivity index (χ1v) is 9.04. The maximum Gasteiger partial charge on any atom is 0.119 e. The van der Waals surface area contributed by atoms with Crippen molar-refractivity contribution in [3.63, 3.8) is 0 Å². The number of benzene rings is 1. The summed E-state index contributed by atoms with van der Waals surface area (Å²) in [6.45, 7) is 5.50. The zero-order chi connectivity index (χ0) is 16.1. The first-order valence-electron chi connectivity index (χ1n) is 9.04. The Bertz CT molecular complexity index is 480. The summed E-state index contributed by atoms with van der Waals surface area (Å²) in [5.74, 6) is 0.811. The third-order valence-corrected chi connectivity index (χ3v) is 5.37. The van der Waals surface area contributed by atoms with Gasteiger partial charge in [0.05, 0.1) is 13.2 Å². The molecule has 2 saturated heterocycles. The van der Waals surface area contributed by atoms with Crippen LogP contribution in [0.3, 0.4) is 0 Å². The smallest absolute Gasteiger partial charge is 0.119 e. The number of hydrogen-bond donors (Lipinski definition) is 1. The lowest BCUT2D eigenvalue weighted by atomic mass is 9.99. The van der Waals surface area contributed by atoms with Crippen LogP contribution in [0.25, 0.3) is 0 Å². The van der Waals surface area contributed by atoms with Gasteiger partial charge in [0.25, 0.3) is 0 Å². The van der Waals surface area contributed by atoms with Crippen LogP contribution in [0.5, 0.6) is 5.75 Å². The lowest BCUT2D eigenvalue weighted by Crippen LogP contribution is -2.47. The summed E-state index contributed by atoms with van der Waals surface area (Å²) in [5.41, 5.74) is 0.947. The first-order chi connectivity index (χ1) is 11.3. The van der Waals surface area contributed by atoms with Crippen molar-refractivity contribution in [1.29, 1.82) is 0 Å². The number of piperidine rings is 2. The Labute approximate surface area is 140 Å². The minimum atomic E-state index is -0.434. The van der Waals surface area contributed by atoms with Crippen molar-refractivity contribution in [2.24, 2.45) is 0 Å². The molecule has 0 amide bonds. The summed E-state index contributed by atoms with van der Waals surface area (Å²) in [4.78, 5) is 5.10. The van der Waals surface area contributed by atoms with E-state index in [1.54, 1.807) is 7.11 Å². The molecule has 2 aliphatic rings. The average molecular weight is 318 g/mol. The molecule has 4 heteroatoms. The summed E-state index contributed by atoms with van der Waals surface area (Å²) in [7, 11) is 1.66. The van der Waals surface area contributed by atoms with Crippen molar-refractivity contribution in [2.75, 3.05) is 39.8 Å². The number of methoxy groups -OCH3 is 1. The van der Waals surface area contributed by atoms with Crippen LogP contribution in [0.1, 0.15) is 43.8 Å². The lowest BCUT2D eigenvalue weighted by molar-refractivity contribution is 0.0600. The molecule has 1 N–H and O–H groups in total. The van der Waals surface area contributed by atoms with Gasteiger partial charge in [-0.05, 0) is 69.6 Å². The molecule has 1 unspecified atom stereocenters. The molecular formula is C19H30N2O2. The number of aliphatic hydroxyl groups is 1. The third-order valence-electron chi connectivity index (χ3n) is 5.37. The van der Waals surface area contributed by atoms with Crippen LogP contribution < -0.4 is 4.74 Å². The van der Waals surface area contributed by atoms with Crippen LogP contribution >= 0.6 is 0 Å². The van der Waals surface area contributed by atoms with Crippen LogP contribution in [0.15, 0.2) is 24.3 Å². The van der Waals surface area contributed by atoms with Crippen molar-refractivity contribution < 1.29 is 9.84 Å². The fourth-order valence-corrected chi connectivity index (χ4v) is 3.95. The minimum Gasteiger partial charge on any atom is -0.497 e. The maximum atomic E-state index is 10.5. The number of ether oxygens (including phenoxy) is 1. The van der Waals surface area contributed by atoms with Crippen molar-refractivity contribution in [3.8, 4) is 5.75 Å². The Morgan fingerprint density at radius 1 is 1.13 bits per heavy atom. The highest BCUT2D eigenvalue weighted by molar-refractivity contribution is 5.29. The van der Waals surface area contributed by atoms with Gasteiger partial charge in [0.1, 0.15) is 5.75 Å². The van der Waals surface area contributed by atoms with Crippen LogP contribution in [-0.2, 0) is 0 Å². The van der Waals surface area contributed by atoms with E-state index in [9.17, 15) is 5.11 Å². The molecule has 23 heavy (non-hydrogen) atoms. The number of hydrogen-bond acceptors (Lipinski definition) is 4. The zero-order valence-electron chi connectivity index (χ0n) is 14.3. The van der Waals surface area contributed by atoms with Gasteiger partial charge in [-0.3, -0.25) is 0 Å². The highest BCUT2D eigenvalue weighted by Crippen LogP contribution is 2.24. The second kappa shape index (κ2) is 8.13. The Kier molecular flexibility index (Phi) is 5.92. The van der Waals surface area contributed by atoms with Crippen molar-refractivity contribution in [3.05, 3.63) is 29.8 Å². The van der Waals surface area contributed by atoms with E-state index in [0.717, 1.165) is 37.0 Å². The summed E-state index contributed by atoms with van der Waals surface area (Å²) in [5, 5.41) is 10.5. The predicted molar refractivity (Wildman–Crippen MR) is 92.8 cm³/mol. The average Bonchev–Trinajstić information content (AvgIpc) is 2.63. The van der Waals surface area contributed by atoms with E-state index in [-0.39, 0.29) is 0 Å². The normalized spacial score (nSPS) is 22.9. The molecule has 4 nitrogen and oxygen atoms in total. The van der Waals surface area contributed by atoms with Gasteiger partial charge in [0.15, 0.2) is 0 Å². The Balaban J connectivity index is 1.47. The van der Waals surface area contributed by atoms with Crippen molar-refractivity contribution in [2.45, 2.75) is 44.2 Å². The van der Waals surface area contributed by atoms with Gasteiger partial charge < -0.3 is 19.6 Å². The Morgan fingerprint density at radius 3 is 2.57 bits per heavy atom. The molecule has 0 aliphatic carbocycles. The van der Waals surface area contributed by atoms with E-state index in [1.165, 1.54) is 45.2 Å². The van der Waals surface area contributed by atoms with Gasteiger partial charge >= 0.3 is 0 Å². The number of β-amino-alcohol motifs (C(OH)–C–C–N with tert-alkyl or cyclic N) is 1. The molecule has 0 spiro atoms. The zero-order valence-corrected chi connectivity index (χ0v) is 14.3. The van der Waals surface area contributed by atoms with Crippen LogP contribution in [0, 0.1) is 0 Å². The standard InChI is InChI=1S/C19H30N2O2/c1-23-18-7-5-6-16(14-18)19(22)15-20-12-8-17(9-13-20)21-10-3-2-4-11-21/h5-7,14,17,19,22H,2-4,8-13,15H2,1H3. The maximum absolute atomic E-state index is 10.5. The minimum absolute atomic E-state index is 0.434. The quantitative estimate of drug-likeness (QED) is 0.905. The van der Waals surface area contributed by atoms with E-state index >= 15 is 0 Å². The van der Waals surface area contributed by atoms with Gasteiger partial charge in [-0.25, -0.2) is 0 Å². The van der Waals surface area contributed by atoms with Gasteiger partial charge in [0, 0.05) is 12.6 Å². The van der Waals surface area contributed by atoms with Gasteiger partial charge in [-0.1, -0.05) is 18.6 Å². The van der Waals surface area contributed by atoms with Crippen molar-refractivity contribution >= 4 is 0 Å². The molecule has 2 fully saturated rings. The molecule has 2 heterocycles. The summed E-state index contributed by atoms with van der Waals surface area (Å²) < 4.78 is 5.25. The monoisotopic (exact) mass is 318 g/mol. The second-order valence-corrected chi connectivity index (χ2v) is 6.92. The molecule has 3 rings (SSSR count). The molecule has 1 aromatic carbocycles. The van der Waals surface area contributed by atoms with E-state index in [0.29, 0.717) is 0 Å². The molecule has 0 saturated carbocycles. The van der Waals surface area contributed by atoms with E-state index in [4.69, 9.17) is 4.74 Å².